The quantitative estimate of drug-likeness (QED) is 0.194. The van der Waals surface area contributed by atoms with Gasteiger partial charge >= 0.3 is 0 Å². The van der Waals surface area contributed by atoms with Gasteiger partial charge in [0.2, 0.25) is 0 Å². The Hall–Kier alpha value is -5.73. The lowest BCUT2D eigenvalue weighted by Crippen LogP contribution is -2.11. The number of rotatable bonds is 5. The van der Waals surface area contributed by atoms with Gasteiger partial charge in [-0.2, -0.15) is 0 Å². The van der Waals surface area contributed by atoms with Crippen molar-refractivity contribution < 1.29 is 0 Å². The van der Waals surface area contributed by atoms with Crippen LogP contribution in [0.5, 0.6) is 0 Å². The molecule has 208 valence electrons. The summed E-state index contributed by atoms with van der Waals surface area (Å²) in [6.07, 6.45) is 0. The Bertz CT molecular complexity index is 2220. The highest BCUT2D eigenvalue weighted by atomic mass is 15.2. The zero-order valence-electron chi connectivity index (χ0n) is 24.5. The van der Waals surface area contributed by atoms with Gasteiger partial charge in [0.05, 0.1) is 0 Å². The molecule has 1 heterocycles. The Morgan fingerprint density at radius 1 is 0.409 bits per heavy atom. The minimum atomic E-state index is 0.902. The molecular formula is C42H30N2. The van der Waals surface area contributed by atoms with Gasteiger partial charge in [0.15, 0.2) is 0 Å². The summed E-state index contributed by atoms with van der Waals surface area (Å²) in [6, 6.07) is 58.6. The molecule has 0 saturated heterocycles. The first-order valence-corrected chi connectivity index (χ1v) is 15.1. The molecule has 0 spiro atoms. The Balaban J connectivity index is 1.34. The van der Waals surface area contributed by atoms with Crippen molar-refractivity contribution >= 4 is 49.5 Å². The monoisotopic (exact) mass is 562 g/mol. The lowest BCUT2D eigenvalue weighted by atomic mass is 9.85. The van der Waals surface area contributed by atoms with E-state index in [1.54, 1.807) is 0 Å². The molecule has 2 nitrogen and oxygen atoms in total. The number of pyridine rings is 1. The van der Waals surface area contributed by atoms with Crippen molar-refractivity contribution in [3.05, 3.63) is 169 Å². The number of anilines is 3. The molecule has 0 atom stereocenters. The van der Waals surface area contributed by atoms with Crippen LogP contribution in [0.25, 0.3) is 54.6 Å². The molecular weight excluding hydrogens is 532 g/mol. The lowest BCUT2D eigenvalue weighted by molar-refractivity contribution is 1.13. The Morgan fingerprint density at radius 3 is 1.59 bits per heavy atom. The fourth-order valence-electron chi connectivity index (χ4n) is 6.59. The average molecular weight is 563 g/mol. The van der Waals surface area contributed by atoms with E-state index in [-0.39, 0.29) is 0 Å². The van der Waals surface area contributed by atoms with E-state index in [1.165, 1.54) is 54.6 Å². The first-order valence-electron chi connectivity index (χ1n) is 15.1. The van der Waals surface area contributed by atoms with E-state index in [1.807, 2.05) is 19.1 Å². The van der Waals surface area contributed by atoms with Crippen LogP contribution in [0.15, 0.2) is 164 Å². The fraction of sp³-hybridized carbons (Fsp3) is 0.0238. The van der Waals surface area contributed by atoms with Gasteiger partial charge in [0, 0.05) is 17.1 Å². The molecule has 0 saturated carbocycles. The SMILES string of the molecule is Cc1cccc(N(c2ccccc2)c2ccc(-c3c4ccccc4c(-c4cccc5ccccc45)c4ccccc34)cc2)n1. The lowest BCUT2D eigenvalue weighted by Gasteiger charge is -2.25. The van der Waals surface area contributed by atoms with Crippen LogP contribution in [-0.4, -0.2) is 4.98 Å². The molecule has 7 aromatic carbocycles. The van der Waals surface area contributed by atoms with E-state index < -0.39 is 0 Å². The molecule has 8 aromatic rings. The number of para-hydroxylation sites is 1. The van der Waals surface area contributed by atoms with Crippen molar-refractivity contribution in [1.82, 2.24) is 4.98 Å². The van der Waals surface area contributed by atoms with Gasteiger partial charge in [-0.1, -0.05) is 127 Å². The third-order valence-electron chi connectivity index (χ3n) is 8.52. The minimum Gasteiger partial charge on any atom is -0.295 e. The molecule has 0 aliphatic heterocycles. The second-order valence-electron chi connectivity index (χ2n) is 11.2. The van der Waals surface area contributed by atoms with Crippen molar-refractivity contribution in [2.24, 2.45) is 0 Å². The van der Waals surface area contributed by atoms with Gasteiger partial charge in [-0.25, -0.2) is 4.98 Å². The maximum atomic E-state index is 4.87. The molecule has 0 aliphatic carbocycles. The van der Waals surface area contributed by atoms with Crippen LogP contribution in [0.3, 0.4) is 0 Å². The van der Waals surface area contributed by atoms with Crippen molar-refractivity contribution in [3.63, 3.8) is 0 Å². The molecule has 0 unspecified atom stereocenters. The number of aromatic nitrogens is 1. The molecule has 0 fully saturated rings. The summed E-state index contributed by atoms with van der Waals surface area (Å²) in [7, 11) is 0. The molecule has 0 amide bonds. The number of aryl methyl sites for hydroxylation is 1. The predicted molar refractivity (Wildman–Crippen MR) is 187 cm³/mol. The molecule has 44 heavy (non-hydrogen) atoms. The largest absolute Gasteiger partial charge is 0.295 e. The Kier molecular flexibility index (Phi) is 6.39. The zero-order chi connectivity index (χ0) is 29.5. The van der Waals surface area contributed by atoms with Crippen molar-refractivity contribution in [2.75, 3.05) is 4.90 Å². The average Bonchev–Trinajstić information content (AvgIpc) is 3.08. The third kappa shape index (κ3) is 4.40. The molecule has 0 radical (unpaired) electrons. The summed E-state index contributed by atoms with van der Waals surface area (Å²) in [4.78, 5) is 7.09. The molecule has 0 bridgehead atoms. The zero-order valence-corrected chi connectivity index (χ0v) is 24.5. The van der Waals surface area contributed by atoms with Crippen LogP contribution in [0.4, 0.5) is 17.2 Å². The van der Waals surface area contributed by atoms with Crippen LogP contribution in [0.2, 0.25) is 0 Å². The van der Waals surface area contributed by atoms with Gasteiger partial charge in [-0.3, -0.25) is 4.90 Å². The Morgan fingerprint density at radius 2 is 0.932 bits per heavy atom. The number of hydrogen-bond donors (Lipinski definition) is 0. The number of hydrogen-bond acceptors (Lipinski definition) is 2. The van der Waals surface area contributed by atoms with Crippen molar-refractivity contribution in [1.29, 1.82) is 0 Å². The van der Waals surface area contributed by atoms with Crippen LogP contribution in [-0.2, 0) is 0 Å². The van der Waals surface area contributed by atoms with Gasteiger partial charge < -0.3 is 0 Å². The van der Waals surface area contributed by atoms with E-state index >= 15 is 0 Å². The smallest absolute Gasteiger partial charge is 0.137 e. The first kappa shape index (κ1) is 25.9. The topological polar surface area (TPSA) is 16.1 Å². The van der Waals surface area contributed by atoms with E-state index in [0.717, 1.165) is 22.9 Å². The van der Waals surface area contributed by atoms with E-state index in [0.29, 0.717) is 0 Å². The summed E-state index contributed by atoms with van der Waals surface area (Å²) >= 11 is 0. The molecule has 0 aliphatic rings. The number of nitrogens with zero attached hydrogens (tertiary/aromatic N) is 2. The molecule has 0 N–H and O–H groups in total. The molecule has 2 heteroatoms. The summed E-state index contributed by atoms with van der Waals surface area (Å²) in [5.41, 5.74) is 8.13. The second-order valence-corrected chi connectivity index (χ2v) is 11.2. The van der Waals surface area contributed by atoms with Gasteiger partial charge in [-0.15, -0.1) is 0 Å². The summed E-state index contributed by atoms with van der Waals surface area (Å²) < 4.78 is 0. The third-order valence-corrected chi connectivity index (χ3v) is 8.52. The highest BCUT2D eigenvalue weighted by molar-refractivity contribution is 6.23. The predicted octanol–water partition coefficient (Wildman–Crippen LogP) is 11.7. The summed E-state index contributed by atoms with van der Waals surface area (Å²) in [6.45, 7) is 2.04. The van der Waals surface area contributed by atoms with E-state index in [2.05, 4.69) is 157 Å². The summed E-state index contributed by atoms with van der Waals surface area (Å²) in [5, 5.41) is 7.55. The van der Waals surface area contributed by atoms with Gasteiger partial charge in [0.25, 0.3) is 0 Å². The van der Waals surface area contributed by atoms with Gasteiger partial charge in [0.1, 0.15) is 5.82 Å². The second kappa shape index (κ2) is 10.8. The van der Waals surface area contributed by atoms with E-state index in [4.69, 9.17) is 4.98 Å². The molecule has 8 rings (SSSR count). The minimum absolute atomic E-state index is 0.902. The first-order chi connectivity index (χ1) is 21.8. The maximum Gasteiger partial charge on any atom is 0.137 e. The van der Waals surface area contributed by atoms with Crippen LogP contribution in [0.1, 0.15) is 5.69 Å². The standard InChI is InChI=1S/C42H30N2/c1-29-13-11-24-40(43-29)44(32-16-3-2-4-17-32)33-27-25-31(26-28-33)41-36-19-7-9-21-38(36)42(39-22-10-8-20-37(39)41)35-23-12-15-30-14-5-6-18-34(30)35/h2-28H,1H3. The normalized spacial score (nSPS) is 11.3. The van der Waals surface area contributed by atoms with Crippen molar-refractivity contribution in [3.8, 4) is 22.3 Å². The summed E-state index contributed by atoms with van der Waals surface area (Å²) in [5.74, 6) is 0.902. The van der Waals surface area contributed by atoms with Crippen LogP contribution in [0, 0.1) is 6.92 Å². The number of fused-ring (bicyclic) bond motifs is 3. The van der Waals surface area contributed by atoms with Crippen LogP contribution < -0.4 is 4.90 Å². The Labute approximate surface area is 257 Å². The van der Waals surface area contributed by atoms with E-state index in [9.17, 15) is 0 Å². The van der Waals surface area contributed by atoms with Gasteiger partial charge in [-0.05, 0) is 97.9 Å². The number of benzene rings is 7. The maximum absolute atomic E-state index is 4.87. The highest BCUT2D eigenvalue weighted by Crippen LogP contribution is 2.45. The van der Waals surface area contributed by atoms with Crippen LogP contribution >= 0.6 is 0 Å². The van der Waals surface area contributed by atoms with Crippen molar-refractivity contribution in [2.45, 2.75) is 6.92 Å². The molecule has 1 aromatic heterocycles. The highest BCUT2D eigenvalue weighted by Gasteiger charge is 2.19. The fourth-order valence-corrected chi connectivity index (χ4v) is 6.59.